The van der Waals surface area contributed by atoms with Crippen molar-refractivity contribution in [3.05, 3.63) is 76.3 Å². The minimum absolute atomic E-state index is 0.162. The Hall–Kier alpha value is -4.77. The van der Waals surface area contributed by atoms with E-state index in [4.69, 9.17) is 23.9 Å². The fraction of sp³-hybridized carbons (Fsp3) is 0.323. The standard InChI is InChI=1S/C31H34N6O5/c1-6-7-12-26-32-27-24(17-25(40-3)28(41-4)29(27)42-5)31(38)36(26)18-20-13-15-21(16-14-20)22-10-8-9-11-23(22)30-33-34-35-37(30)19-39-2/h8-11,13-17H,6-7,12,18-19H2,1-5H3. The van der Waals surface area contributed by atoms with Crippen molar-refractivity contribution in [2.75, 3.05) is 28.4 Å². The van der Waals surface area contributed by atoms with Gasteiger partial charge in [-0.1, -0.05) is 61.9 Å². The van der Waals surface area contributed by atoms with E-state index in [0.717, 1.165) is 35.1 Å². The van der Waals surface area contributed by atoms with Gasteiger partial charge in [0.1, 0.15) is 18.1 Å². The van der Waals surface area contributed by atoms with Crippen LogP contribution in [0.5, 0.6) is 17.2 Å². The van der Waals surface area contributed by atoms with E-state index >= 15 is 0 Å². The van der Waals surface area contributed by atoms with Gasteiger partial charge in [-0.15, -0.1) is 5.10 Å². The van der Waals surface area contributed by atoms with Crippen LogP contribution < -0.4 is 19.8 Å². The molecule has 11 heteroatoms. The Bertz CT molecular complexity index is 1750. The van der Waals surface area contributed by atoms with Gasteiger partial charge in [-0.3, -0.25) is 9.36 Å². The smallest absolute Gasteiger partial charge is 0.261 e. The molecule has 0 N–H and O–H groups in total. The number of aromatic nitrogens is 6. The van der Waals surface area contributed by atoms with E-state index in [-0.39, 0.29) is 12.3 Å². The SMILES string of the molecule is CCCCc1nc2c(OC)c(OC)c(OC)cc2c(=O)n1Cc1ccc(-c2ccccc2-c2nnnn2COC)cc1. The second-order valence-corrected chi connectivity index (χ2v) is 9.73. The van der Waals surface area contributed by atoms with Crippen LogP contribution in [0.15, 0.2) is 59.4 Å². The Balaban J connectivity index is 1.55. The molecule has 0 spiro atoms. The number of hydrogen-bond donors (Lipinski definition) is 0. The summed E-state index contributed by atoms with van der Waals surface area (Å²) in [4.78, 5) is 18.9. The van der Waals surface area contributed by atoms with Crippen molar-refractivity contribution in [2.24, 2.45) is 0 Å². The zero-order valence-corrected chi connectivity index (χ0v) is 24.5. The molecule has 218 valence electrons. The lowest BCUT2D eigenvalue weighted by molar-refractivity contribution is 0.120. The summed E-state index contributed by atoms with van der Waals surface area (Å²) in [6, 6.07) is 17.8. The van der Waals surface area contributed by atoms with Crippen molar-refractivity contribution in [2.45, 2.75) is 39.5 Å². The monoisotopic (exact) mass is 570 g/mol. The van der Waals surface area contributed by atoms with Crippen molar-refractivity contribution in [1.82, 2.24) is 29.8 Å². The Kier molecular flexibility index (Phi) is 8.77. The van der Waals surface area contributed by atoms with Crippen LogP contribution >= 0.6 is 0 Å². The number of fused-ring (bicyclic) bond motifs is 1. The maximum absolute atomic E-state index is 13.9. The molecule has 11 nitrogen and oxygen atoms in total. The third-order valence-corrected chi connectivity index (χ3v) is 7.14. The second-order valence-electron chi connectivity index (χ2n) is 9.73. The Morgan fingerprint density at radius 2 is 1.62 bits per heavy atom. The molecule has 0 saturated heterocycles. The Labute approximate surface area is 243 Å². The number of unbranched alkanes of at least 4 members (excludes halogenated alkanes) is 1. The van der Waals surface area contributed by atoms with E-state index in [2.05, 4.69) is 22.4 Å². The van der Waals surface area contributed by atoms with Gasteiger partial charge in [-0.05, 0) is 39.6 Å². The van der Waals surface area contributed by atoms with Crippen molar-refractivity contribution in [3.63, 3.8) is 0 Å². The molecule has 0 amide bonds. The molecule has 0 saturated carbocycles. The largest absolute Gasteiger partial charge is 0.493 e. The highest BCUT2D eigenvalue weighted by molar-refractivity contribution is 5.89. The van der Waals surface area contributed by atoms with E-state index in [1.165, 1.54) is 21.3 Å². The molecule has 0 fully saturated rings. The topological polar surface area (TPSA) is 115 Å². The zero-order valence-electron chi connectivity index (χ0n) is 24.5. The fourth-order valence-corrected chi connectivity index (χ4v) is 5.06. The molecule has 0 aliphatic rings. The molecule has 5 aromatic rings. The molecule has 0 radical (unpaired) electrons. The summed E-state index contributed by atoms with van der Waals surface area (Å²) in [5.41, 5.74) is 4.14. The van der Waals surface area contributed by atoms with Gasteiger partial charge in [0, 0.05) is 19.1 Å². The normalized spacial score (nSPS) is 11.2. The molecule has 2 aromatic heterocycles. The van der Waals surface area contributed by atoms with Crippen LogP contribution in [-0.4, -0.2) is 58.2 Å². The maximum atomic E-state index is 13.9. The average molecular weight is 571 g/mol. The maximum Gasteiger partial charge on any atom is 0.261 e. The van der Waals surface area contributed by atoms with Crippen molar-refractivity contribution in [1.29, 1.82) is 0 Å². The first kappa shape index (κ1) is 28.7. The first-order valence-corrected chi connectivity index (χ1v) is 13.7. The molecular formula is C31H34N6O5. The van der Waals surface area contributed by atoms with Gasteiger partial charge >= 0.3 is 0 Å². The second kappa shape index (κ2) is 12.8. The van der Waals surface area contributed by atoms with E-state index in [0.29, 0.717) is 52.8 Å². The van der Waals surface area contributed by atoms with Gasteiger partial charge in [-0.25, -0.2) is 4.98 Å². The number of rotatable bonds is 12. The summed E-state index contributed by atoms with van der Waals surface area (Å²) in [6.45, 7) is 2.73. The summed E-state index contributed by atoms with van der Waals surface area (Å²) >= 11 is 0. The molecule has 0 aliphatic heterocycles. The predicted molar refractivity (Wildman–Crippen MR) is 159 cm³/mol. The minimum atomic E-state index is -0.162. The van der Waals surface area contributed by atoms with Gasteiger partial charge in [0.25, 0.3) is 5.56 Å². The fourth-order valence-electron chi connectivity index (χ4n) is 5.06. The lowest BCUT2D eigenvalue weighted by atomic mass is 9.98. The molecule has 0 bridgehead atoms. The van der Waals surface area contributed by atoms with Crippen molar-refractivity contribution >= 4 is 10.9 Å². The van der Waals surface area contributed by atoms with Crippen LogP contribution in [0.25, 0.3) is 33.4 Å². The number of benzene rings is 3. The van der Waals surface area contributed by atoms with Crippen LogP contribution in [0.2, 0.25) is 0 Å². The van der Waals surface area contributed by atoms with Gasteiger partial charge in [-0.2, -0.15) is 4.68 Å². The number of methoxy groups -OCH3 is 4. The van der Waals surface area contributed by atoms with E-state index in [9.17, 15) is 4.79 Å². The summed E-state index contributed by atoms with van der Waals surface area (Å²) < 4.78 is 25.3. The van der Waals surface area contributed by atoms with Crippen LogP contribution in [0, 0.1) is 0 Å². The molecule has 3 aromatic carbocycles. The molecule has 0 aliphatic carbocycles. The number of nitrogens with zero attached hydrogens (tertiary/aromatic N) is 6. The summed E-state index contributed by atoms with van der Waals surface area (Å²) in [7, 11) is 6.20. The van der Waals surface area contributed by atoms with Crippen molar-refractivity contribution < 1.29 is 18.9 Å². The van der Waals surface area contributed by atoms with Gasteiger partial charge in [0.15, 0.2) is 17.3 Å². The average Bonchev–Trinajstić information content (AvgIpc) is 3.49. The first-order valence-electron chi connectivity index (χ1n) is 13.7. The zero-order chi connectivity index (χ0) is 29.6. The van der Waals surface area contributed by atoms with E-state index in [1.807, 2.05) is 48.5 Å². The molecule has 5 rings (SSSR count). The number of hydrogen-bond acceptors (Lipinski definition) is 9. The lowest BCUT2D eigenvalue weighted by Crippen LogP contribution is -2.26. The van der Waals surface area contributed by atoms with Crippen LogP contribution in [0.4, 0.5) is 0 Å². The van der Waals surface area contributed by atoms with Gasteiger partial charge < -0.3 is 18.9 Å². The minimum Gasteiger partial charge on any atom is -0.493 e. The Morgan fingerprint density at radius 1 is 0.881 bits per heavy atom. The molecular weight excluding hydrogens is 536 g/mol. The van der Waals surface area contributed by atoms with Crippen LogP contribution in [0.1, 0.15) is 31.2 Å². The van der Waals surface area contributed by atoms with Crippen molar-refractivity contribution in [3.8, 4) is 39.8 Å². The number of aryl methyl sites for hydroxylation is 1. The van der Waals surface area contributed by atoms with Gasteiger partial charge in [0.05, 0.1) is 33.3 Å². The molecule has 42 heavy (non-hydrogen) atoms. The predicted octanol–water partition coefficient (Wildman–Crippen LogP) is 4.74. The lowest BCUT2D eigenvalue weighted by Gasteiger charge is -2.18. The van der Waals surface area contributed by atoms with Crippen LogP contribution in [0.3, 0.4) is 0 Å². The highest BCUT2D eigenvalue weighted by Gasteiger charge is 2.22. The molecule has 0 atom stereocenters. The van der Waals surface area contributed by atoms with Gasteiger partial charge in [0.2, 0.25) is 5.75 Å². The third kappa shape index (κ3) is 5.42. The molecule has 0 unspecified atom stereocenters. The van der Waals surface area contributed by atoms with E-state index < -0.39 is 0 Å². The highest BCUT2D eigenvalue weighted by Crippen LogP contribution is 2.41. The quantitative estimate of drug-likeness (QED) is 0.210. The summed E-state index contributed by atoms with van der Waals surface area (Å²) in [5, 5.41) is 12.5. The molecule has 2 heterocycles. The van der Waals surface area contributed by atoms with Crippen LogP contribution in [-0.2, 0) is 24.4 Å². The summed E-state index contributed by atoms with van der Waals surface area (Å²) in [6.07, 6.45) is 2.52. The Morgan fingerprint density at radius 3 is 2.29 bits per heavy atom. The highest BCUT2D eigenvalue weighted by atomic mass is 16.5. The van der Waals surface area contributed by atoms with E-state index in [1.54, 1.807) is 22.4 Å². The first-order chi connectivity index (χ1) is 20.5. The summed E-state index contributed by atoms with van der Waals surface area (Å²) in [5.74, 6) is 2.51. The number of ether oxygens (including phenoxy) is 4. The number of tetrazole rings is 1. The third-order valence-electron chi connectivity index (χ3n) is 7.14.